The third-order valence-corrected chi connectivity index (χ3v) is 10.6. The van der Waals surface area contributed by atoms with Crippen molar-refractivity contribution in [2.75, 3.05) is 0 Å². The lowest BCUT2D eigenvalue weighted by Crippen LogP contribution is -2.13. The van der Waals surface area contributed by atoms with Gasteiger partial charge in [0.15, 0.2) is 0 Å². The van der Waals surface area contributed by atoms with Gasteiger partial charge in [-0.1, -0.05) is 220 Å². The van der Waals surface area contributed by atoms with Crippen LogP contribution in [0.5, 0.6) is 0 Å². The zero-order valence-electron chi connectivity index (χ0n) is 31.7. The van der Waals surface area contributed by atoms with Gasteiger partial charge in [0.1, 0.15) is 5.82 Å². The third-order valence-electron chi connectivity index (χ3n) is 10.6. The van der Waals surface area contributed by atoms with Crippen molar-refractivity contribution in [3.05, 3.63) is 18.2 Å². The fourth-order valence-electron chi connectivity index (χ4n) is 7.42. The van der Waals surface area contributed by atoms with Crippen LogP contribution in [0.4, 0.5) is 0 Å². The average Bonchev–Trinajstić information content (AvgIpc) is 3.54. The second-order valence-electron chi connectivity index (χ2n) is 15.0. The summed E-state index contributed by atoms with van der Waals surface area (Å²) in [5.41, 5.74) is 0. The van der Waals surface area contributed by atoms with Crippen molar-refractivity contribution in [3.8, 4) is 0 Å². The topological polar surface area (TPSA) is 17.8 Å². The third kappa shape index (κ3) is 25.0. The van der Waals surface area contributed by atoms with E-state index in [2.05, 4.69) is 44.7 Å². The Hall–Kier alpha value is -0.790. The van der Waals surface area contributed by atoms with Crippen molar-refractivity contribution in [1.29, 1.82) is 0 Å². The van der Waals surface area contributed by atoms with Gasteiger partial charge >= 0.3 is 0 Å². The molecule has 0 fully saturated rings. The van der Waals surface area contributed by atoms with Crippen molar-refractivity contribution in [3.63, 3.8) is 0 Å². The Kier molecular flexibility index (Phi) is 31.1. The minimum atomic E-state index is 0.588. The molecule has 0 saturated heterocycles. The molecule has 0 aromatic carbocycles. The van der Waals surface area contributed by atoms with Crippen LogP contribution in [0.3, 0.4) is 0 Å². The second-order valence-corrected chi connectivity index (χ2v) is 15.0. The lowest BCUT2D eigenvalue weighted by Gasteiger charge is -2.22. The van der Waals surface area contributed by atoms with E-state index in [9.17, 15) is 0 Å². The van der Waals surface area contributed by atoms with Crippen LogP contribution in [0.1, 0.15) is 264 Å². The number of aromatic nitrogens is 2. The first kappa shape index (κ1) is 42.2. The molecule has 0 amide bonds. The van der Waals surface area contributed by atoms with Crippen LogP contribution in [0.25, 0.3) is 0 Å². The van der Waals surface area contributed by atoms with Gasteiger partial charge in [0.05, 0.1) is 0 Å². The number of rotatable bonds is 36. The first-order valence-corrected chi connectivity index (χ1v) is 21.3. The molecule has 0 radical (unpaired) electrons. The molecular weight excluding hydrogens is 544 g/mol. The quantitative estimate of drug-likeness (QED) is 0.0676. The molecular formula is C43H84N2. The molecule has 2 nitrogen and oxygen atoms in total. The molecule has 2 atom stereocenters. The normalized spacial score (nSPS) is 13.1. The zero-order chi connectivity index (χ0) is 32.5. The predicted octanol–water partition coefficient (Wildman–Crippen LogP) is 15.9. The van der Waals surface area contributed by atoms with E-state index in [1.165, 1.54) is 224 Å². The summed E-state index contributed by atoms with van der Waals surface area (Å²) < 4.78 is 2.57. The lowest BCUT2D eigenvalue weighted by atomic mass is 9.93. The summed E-state index contributed by atoms with van der Waals surface area (Å²) in [6.45, 7) is 9.40. The van der Waals surface area contributed by atoms with Crippen LogP contribution < -0.4 is 0 Å². The maximum atomic E-state index is 4.98. The predicted molar refractivity (Wildman–Crippen MR) is 204 cm³/mol. The monoisotopic (exact) mass is 629 g/mol. The number of imidazole rings is 1. The summed E-state index contributed by atoms with van der Waals surface area (Å²) in [6, 6.07) is 0.588. The summed E-state index contributed by atoms with van der Waals surface area (Å²) in [5.74, 6) is 2.06. The minimum absolute atomic E-state index is 0.588. The van der Waals surface area contributed by atoms with E-state index in [-0.39, 0.29) is 0 Å². The maximum absolute atomic E-state index is 4.98. The molecule has 0 bridgehead atoms. The van der Waals surface area contributed by atoms with Gasteiger partial charge in [-0.3, -0.25) is 0 Å². The molecule has 2 unspecified atom stereocenters. The van der Waals surface area contributed by atoms with Crippen LogP contribution in [0.15, 0.2) is 12.4 Å². The molecule has 0 N–H and O–H groups in total. The summed E-state index contributed by atoms with van der Waals surface area (Å²) in [6.07, 6.45) is 52.7. The van der Waals surface area contributed by atoms with Crippen molar-refractivity contribution in [2.24, 2.45) is 0 Å². The molecule has 1 aromatic rings. The molecule has 266 valence electrons. The summed E-state index contributed by atoms with van der Waals surface area (Å²) in [5, 5.41) is 0. The number of hydrogen-bond acceptors (Lipinski definition) is 1. The molecule has 0 saturated carbocycles. The Labute approximate surface area is 285 Å². The van der Waals surface area contributed by atoms with E-state index >= 15 is 0 Å². The molecule has 0 spiro atoms. The van der Waals surface area contributed by atoms with Crippen LogP contribution >= 0.6 is 0 Å². The Morgan fingerprint density at radius 3 is 1.09 bits per heavy atom. The highest BCUT2D eigenvalue weighted by Crippen LogP contribution is 2.30. The fourth-order valence-corrected chi connectivity index (χ4v) is 7.42. The summed E-state index contributed by atoms with van der Waals surface area (Å²) in [7, 11) is 0. The van der Waals surface area contributed by atoms with Gasteiger partial charge in [-0.05, 0) is 26.2 Å². The zero-order valence-corrected chi connectivity index (χ0v) is 31.7. The first-order chi connectivity index (χ1) is 22.2. The highest BCUT2D eigenvalue weighted by atomic mass is 15.1. The highest BCUT2D eigenvalue weighted by Gasteiger charge is 2.19. The molecule has 0 aliphatic heterocycles. The van der Waals surface area contributed by atoms with Gasteiger partial charge in [-0.15, -0.1) is 0 Å². The molecule has 1 rings (SSSR count). The van der Waals surface area contributed by atoms with E-state index < -0.39 is 0 Å². The summed E-state index contributed by atoms with van der Waals surface area (Å²) in [4.78, 5) is 4.98. The standard InChI is InChI=1S/C43H84N2/c1-5-8-11-13-15-17-19-21-23-25-27-29-31-34-36-41(4)45-40-39-44-43(45)42(37-33-10-7-3)38-35-32-30-28-26-24-22-20-18-16-14-12-9-6-2/h39-42H,5-38H2,1-4H3. The van der Waals surface area contributed by atoms with E-state index in [0.717, 1.165) is 0 Å². The Morgan fingerprint density at radius 1 is 0.422 bits per heavy atom. The molecule has 1 aromatic heterocycles. The first-order valence-electron chi connectivity index (χ1n) is 21.3. The molecule has 0 aliphatic rings. The average molecular weight is 629 g/mol. The maximum Gasteiger partial charge on any atom is 0.111 e. The van der Waals surface area contributed by atoms with Crippen molar-refractivity contribution in [1.82, 2.24) is 9.55 Å². The Bertz CT molecular complexity index is 694. The van der Waals surface area contributed by atoms with Crippen molar-refractivity contribution >= 4 is 0 Å². The van der Waals surface area contributed by atoms with Crippen molar-refractivity contribution in [2.45, 2.75) is 258 Å². The van der Waals surface area contributed by atoms with Gasteiger partial charge in [-0.2, -0.15) is 0 Å². The number of unbranched alkanes of at least 4 members (excludes halogenated alkanes) is 28. The SMILES string of the molecule is CCCCCCCCCCCCCCCCC(CCCCC)c1nccn1C(C)CCCCCCCCCCCCCCCC. The highest BCUT2D eigenvalue weighted by molar-refractivity contribution is 5.02. The van der Waals surface area contributed by atoms with Crippen molar-refractivity contribution < 1.29 is 0 Å². The van der Waals surface area contributed by atoms with Gasteiger partial charge < -0.3 is 4.57 Å². The van der Waals surface area contributed by atoms with Gasteiger partial charge in [-0.25, -0.2) is 4.98 Å². The lowest BCUT2D eigenvalue weighted by molar-refractivity contribution is 0.414. The molecule has 1 heterocycles. The van der Waals surface area contributed by atoms with Crippen LogP contribution in [-0.2, 0) is 0 Å². The second kappa shape index (κ2) is 33.1. The number of hydrogen-bond donors (Lipinski definition) is 0. The van der Waals surface area contributed by atoms with E-state index in [1.807, 2.05) is 0 Å². The summed E-state index contributed by atoms with van der Waals surface area (Å²) >= 11 is 0. The van der Waals surface area contributed by atoms with E-state index in [0.29, 0.717) is 12.0 Å². The molecule has 0 aliphatic carbocycles. The van der Waals surface area contributed by atoms with Crippen LogP contribution in [0.2, 0.25) is 0 Å². The Morgan fingerprint density at radius 2 is 0.711 bits per heavy atom. The molecule has 2 heteroatoms. The number of nitrogens with zero attached hydrogens (tertiary/aromatic N) is 2. The van der Waals surface area contributed by atoms with Gasteiger partial charge in [0.2, 0.25) is 0 Å². The smallest absolute Gasteiger partial charge is 0.111 e. The Balaban J connectivity index is 2.20. The van der Waals surface area contributed by atoms with E-state index in [4.69, 9.17) is 4.98 Å². The van der Waals surface area contributed by atoms with Gasteiger partial charge in [0, 0.05) is 24.4 Å². The fraction of sp³-hybridized carbons (Fsp3) is 0.930. The largest absolute Gasteiger partial charge is 0.332 e. The minimum Gasteiger partial charge on any atom is -0.332 e. The van der Waals surface area contributed by atoms with E-state index in [1.54, 1.807) is 0 Å². The molecule has 45 heavy (non-hydrogen) atoms. The van der Waals surface area contributed by atoms with Crippen LogP contribution in [0, 0.1) is 0 Å². The van der Waals surface area contributed by atoms with Gasteiger partial charge in [0.25, 0.3) is 0 Å². The van der Waals surface area contributed by atoms with Crippen LogP contribution in [-0.4, -0.2) is 9.55 Å².